The second-order valence-corrected chi connectivity index (χ2v) is 0.758. The molecule has 0 atom stereocenters. The lowest BCUT2D eigenvalue weighted by molar-refractivity contribution is 0.405. The van der Waals surface area contributed by atoms with Crippen molar-refractivity contribution in [2.45, 2.75) is 0 Å². The molecule has 0 rings (SSSR count). The molecular formula is H6N2O3P+. The van der Waals surface area contributed by atoms with E-state index in [1.54, 1.807) is 0 Å². The van der Waals surface area contributed by atoms with Crippen molar-refractivity contribution in [1.29, 1.82) is 0 Å². The predicted octanol–water partition coefficient (Wildman–Crippen LogP) is -1.55. The van der Waals surface area contributed by atoms with Crippen molar-refractivity contribution < 1.29 is 14.4 Å². The fraction of sp³-hybridized carbons (Fsp3) is 0. The highest BCUT2D eigenvalue weighted by atomic mass is 31.1. The van der Waals surface area contributed by atoms with Gasteiger partial charge in [0, 0.05) is 4.57 Å². The summed E-state index contributed by atoms with van der Waals surface area (Å²) in [5, 5.41) is 0. The molecule has 0 aromatic rings. The third-order valence-corrected chi connectivity index (χ3v) is 0. The third-order valence-electron chi connectivity index (χ3n) is 0. The van der Waals surface area contributed by atoms with Crippen LogP contribution in [0.1, 0.15) is 0 Å². The van der Waals surface area contributed by atoms with Crippen LogP contribution in [-0.2, 0) is 4.57 Å². The van der Waals surface area contributed by atoms with E-state index in [2.05, 4.69) is 11.7 Å². The summed E-state index contributed by atoms with van der Waals surface area (Å²) >= 11 is 0. The number of nitrogens with two attached hydrogens (primary N) is 2. The van der Waals surface area contributed by atoms with Crippen LogP contribution in [0.2, 0.25) is 0 Å². The lowest BCUT2D eigenvalue weighted by Crippen LogP contribution is -2.02. The average Bonchev–Trinajstić information content (AvgIpc) is 1.41. The van der Waals surface area contributed by atoms with Gasteiger partial charge in [0.2, 0.25) is 0 Å². The van der Waals surface area contributed by atoms with Crippen LogP contribution in [0, 0.1) is 0 Å². The van der Waals surface area contributed by atoms with Gasteiger partial charge in [0.05, 0.1) is 0 Å². The van der Waals surface area contributed by atoms with Crippen LogP contribution in [0.4, 0.5) is 0 Å². The smallest absolute Gasteiger partial charge is 0.274 e. The molecule has 0 fully saturated rings. The second kappa shape index (κ2) is 8.87. The first-order valence-electron chi connectivity index (χ1n) is 0.916. The Kier molecular flexibility index (Phi) is 13.8. The van der Waals surface area contributed by atoms with Gasteiger partial charge in [-0.05, 0) is 0 Å². The Morgan fingerprint density at radius 2 is 1.33 bits per heavy atom. The zero-order valence-electron chi connectivity index (χ0n) is 2.90. The Morgan fingerprint density at radius 3 is 1.33 bits per heavy atom. The predicted molar refractivity (Wildman–Crippen MR) is 20.4 cm³/mol. The van der Waals surface area contributed by atoms with E-state index in [1.165, 1.54) is 0 Å². The van der Waals surface area contributed by atoms with Crippen LogP contribution in [0.3, 0.4) is 0 Å². The first-order valence-corrected chi connectivity index (χ1v) is 2.08. The molecule has 5 nitrogen and oxygen atoms in total. The summed E-state index contributed by atoms with van der Waals surface area (Å²) in [6.07, 6.45) is 0. The lowest BCUT2D eigenvalue weighted by Gasteiger charge is -1.34. The molecule has 0 aliphatic heterocycles. The summed E-state index contributed by atoms with van der Waals surface area (Å²) < 4.78 is 8.70. The van der Waals surface area contributed by atoms with Gasteiger partial charge in [0.25, 0.3) is 0 Å². The maximum atomic E-state index is 8.70. The molecule has 0 amide bonds. The standard InChI is InChI=1S/H4N2.HO3P/c1-2;1-4(2)3/h1-2H2;(H-,1,2,3)/p+1. The molecule has 0 bridgehead atoms. The summed E-state index contributed by atoms with van der Waals surface area (Å²) in [4.78, 5) is 14.2. The SMILES string of the molecule is NN.O=[P+](O)O. The van der Waals surface area contributed by atoms with Gasteiger partial charge in [-0.1, -0.05) is 0 Å². The van der Waals surface area contributed by atoms with E-state index in [0.29, 0.717) is 0 Å². The van der Waals surface area contributed by atoms with Crippen molar-refractivity contribution in [3.63, 3.8) is 0 Å². The minimum absolute atomic E-state index is 2.87. The second-order valence-electron chi connectivity index (χ2n) is 0.253. The van der Waals surface area contributed by atoms with Crippen molar-refractivity contribution in [2.24, 2.45) is 11.7 Å². The monoisotopic (exact) mass is 113 g/mol. The zero-order chi connectivity index (χ0) is 5.58. The maximum absolute atomic E-state index is 8.70. The number of hydrogen-bond acceptors (Lipinski definition) is 3. The molecule has 0 unspecified atom stereocenters. The first kappa shape index (κ1) is 9.34. The normalized spacial score (nSPS) is 5.33. The van der Waals surface area contributed by atoms with E-state index < -0.39 is 8.25 Å². The summed E-state index contributed by atoms with van der Waals surface area (Å²) in [5.41, 5.74) is 0. The van der Waals surface area contributed by atoms with Crippen LogP contribution >= 0.6 is 8.25 Å². The summed E-state index contributed by atoms with van der Waals surface area (Å²) in [5.74, 6) is 8.00. The summed E-state index contributed by atoms with van der Waals surface area (Å²) in [7, 11) is -2.87. The molecule has 0 saturated carbocycles. The maximum Gasteiger partial charge on any atom is 0.692 e. The van der Waals surface area contributed by atoms with Gasteiger partial charge in [0.1, 0.15) is 0 Å². The van der Waals surface area contributed by atoms with Gasteiger partial charge < -0.3 is 0 Å². The lowest BCUT2D eigenvalue weighted by atomic mass is 13.0. The van der Waals surface area contributed by atoms with Crippen molar-refractivity contribution in [3.8, 4) is 0 Å². The van der Waals surface area contributed by atoms with Gasteiger partial charge >= 0.3 is 8.25 Å². The topological polar surface area (TPSA) is 110 Å². The van der Waals surface area contributed by atoms with Gasteiger partial charge in [-0.25, -0.2) is 0 Å². The van der Waals surface area contributed by atoms with Crippen LogP contribution in [0.5, 0.6) is 0 Å². The highest BCUT2D eigenvalue weighted by molar-refractivity contribution is 7.30. The van der Waals surface area contributed by atoms with E-state index in [0.717, 1.165) is 0 Å². The van der Waals surface area contributed by atoms with Crippen molar-refractivity contribution >= 4 is 8.25 Å². The van der Waals surface area contributed by atoms with Crippen LogP contribution in [0.25, 0.3) is 0 Å². The van der Waals surface area contributed by atoms with Gasteiger partial charge in [-0.3, -0.25) is 11.7 Å². The van der Waals surface area contributed by atoms with Crippen LogP contribution in [0.15, 0.2) is 0 Å². The van der Waals surface area contributed by atoms with Gasteiger partial charge in [-0.15, -0.1) is 9.79 Å². The molecule has 0 saturated heterocycles. The number of hydrogen-bond donors (Lipinski definition) is 4. The fourth-order valence-corrected chi connectivity index (χ4v) is 0. The average molecular weight is 113 g/mol. The molecule has 0 spiro atoms. The zero-order valence-corrected chi connectivity index (χ0v) is 3.80. The molecule has 6 N–H and O–H groups in total. The Labute approximate surface area is 35.5 Å². The van der Waals surface area contributed by atoms with E-state index in [1.807, 2.05) is 0 Å². The molecule has 6 heteroatoms. The summed E-state index contributed by atoms with van der Waals surface area (Å²) in [6, 6.07) is 0. The van der Waals surface area contributed by atoms with Gasteiger partial charge in [-0.2, -0.15) is 0 Å². The van der Waals surface area contributed by atoms with E-state index in [9.17, 15) is 0 Å². The van der Waals surface area contributed by atoms with E-state index in [4.69, 9.17) is 14.4 Å². The highest BCUT2D eigenvalue weighted by Crippen LogP contribution is 1.98. The molecule has 0 aromatic carbocycles. The Bertz CT molecular complexity index is 31.8. The minimum Gasteiger partial charge on any atom is -0.274 e. The fourth-order valence-electron chi connectivity index (χ4n) is 0. The Morgan fingerprint density at radius 1 is 1.33 bits per heavy atom. The molecule has 0 aliphatic rings. The van der Waals surface area contributed by atoms with Crippen molar-refractivity contribution in [2.75, 3.05) is 0 Å². The number of rotatable bonds is 0. The molecule has 0 radical (unpaired) electrons. The largest absolute Gasteiger partial charge is 0.692 e. The Hall–Kier alpha value is -0.0600. The third kappa shape index (κ3) is 9460. The van der Waals surface area contributed by atoms with Crippen molar-refractivity contribution in [3.05, 3.63) is 0 Å². The summed E-state index contributed by atoms with van der Waals surface area (Å²) in [6.45, 7) is 0. The van der Waals surface area contributed by atoms with Gasteiger partial charge in [0.15, 0.2) is 0 Å². The molecule has 0 aromatic heterocycles. The first-order chi connectivity index (χ1) is 2.73. The molecule has 6 heavy (non-hydrogen) atoms. The van der Waals surface area contributed by atoms with E-state index >= 15 is 0 Å². The molecule has 0 aliphatic carbocycles. The molecule has 0 heterocycles. The Balaban J connectivity index is 0. The number of hydrazine groups is 1. The molecular weight excluding hydrogens is 107 g/mol. The van der Waals surface area contributed by atoms with Crippen LogP contribution < -0.4 is 11.7 Å². The highest BCUT2D eigenvalue weighted by Gasteiger charge is 1.93. The van der Waals surface area contributed by atoms with Crippen molar-refractivity contribution in [1.82, 2.24) is 0 Å². The molecule has 38 valence electrons. The van der Waals surface area contributed by atoms with Crippen LogP contribution in [-0.4, -0.2) is 9.79 Å². The minimum atomic E-state index is -2.87. The quantitative estimate of drug-likeness (QED) is 0.172. The van der Waals surface area contributed by atoms with E-state index in [-0.39, 0.29) is 0 Å².